The number of carbonyl (C=O) groups is 1. The Morgan fingerprint density at radius 1 is 1.35 bits per heavy atom. The summed E-state index contributed by atoms with van der Waals surface area (Å²) in [5.41, 5.74) is 6.61. The highest BCUT2D eigenvalue weighted by Gasteiger charge is 2.39. The normalized spacial score (nSPS) is 26.2. The first-order valence-corrected chi connectivity index (χ1v) is 7.46. The van der Waals surface area contributed by atoms with E-state index in [0.29, 0.717) is 18.9 Å². The molecule has 0 aliphatic heterocycles. The molecule has 1 aromatic rings. The van der Waals surface area contributed by atoms with E-state index in [1.54, 1.807) is 7.11 Å². The van der Waals surface area contributed by atoms with Crippen molar-refractivity contribution in [3.05, 3.63) is 29.8 Å². The molecular formula is C17H25NO2. The third-order valence-corrected chi connectivity index (χ3v) is 4.76. The molecule has 1 aromatic carbocycles. The largest absolute Gasteiger partial charge is 0.496 e. The van der Waals surface area contributed by atoms with Gasteiger partial charge in [-0.2, -0.15) is 0 Å². The summed E-state index contributed by atoms with van der Waals surface area (Å²) < 4.78 is 5.33. The lowest BCUT2D eigenvalue weighted by Crippen LogP contribution is -2.42. The van der Waals surface area contributed by atoms with Crippen LogP contribution in [0.2, 0.25) is 0 Å². The summed E-state index contributed by atoms with van der Waals surface area (Å²) in [5.74, 6) is 1.78. The highest BCUT2D eigenvalue weighted by atomic mass is 16.5. The molecule has 3 heteroatoms. The van der Waals surface area contributed by atoms with Crippen LogP contribution < -0.4 is 10.5 Å². The lowest BCUT2D eigenvalue weighted by atomic mass is 9.67. The van der Waals surface area contributed by atoms with E-state index in [1.165, 1.54) is 0 Å². The summed E-state index contributed by atoms with van der Waals surface area (Å²) in [4.78, 5) is 12.8. The van der Waals surface area contributed by atoms with Crippen molar-refractivity contribution in [1.82, 2.24) is 0 Å². The first-order chi connectivity index (χ1) is 9.61. The summed E-state index contributed by atoms with van der Waals surface area (Å²) >= 11 is 0. The average Bonchev–Trinajstić information content (AvgIpc) is 2.49. The molecule has 0 aromatic heterocycles. The SMILES string of the molecule is COc1ccccc1CC(=O)C1(CN)CCC(C)CC1. The van der Waals surface area contributed by atoms with E-state index in [2.05, 4.69) is 6.92 Å². The van der Waals surface area contributed by atoms with Crippen molar-refractivity contribution in [2.45, 2.75) is 39.0 Å². The van der Waals surface area contributed by atoms with Crippen molar-refractivity contribution in [3.8, 4) is 5.75 Å². The van der Waals surface area contributed by atoms with Gasteiger partial charge in [-0.05, 0) is 37.7 Å². The molecule has 0 heterocycles. The second-order valence-electron chi connectivity index (χ2n) is 6.08. The first kappa shape index (κ1) is 15.0. The number of hydrogen-bond donors (Lipinski definition) is 1. The molecule has 3 nitrogen and oxygen atoms in total. The number of rotatable bonds is 5. The Morgan fingerprint density at radius 3 is 2.60 bits per heavy atom. The Kier molecular flexibility index (Phi) is 4.81. The van der Waals surface area contributed by atoms with Crippen LogP contribution >= 0.6 is 0 Å². The Balaban J connectivity index is 2.13. The smallest absolute Gasteiger partial charge is 0.144 e. The van der Waals surface area contributed by atoms with Crippen LogP contribution in [0.3, 0.4) is 0 Å². The summed E-state index contributed by atoms with van der Waals surface area (Å²) in [6.45, 7) is 2.72. The van der Waals surface area contributed by atoms with Crippen LogP contribution in [0.4, 0.5) is 0 Å². The van der Waals surface area contributed by atoms with Crippen LogP contribution in [0.15, 0.2) is 24.3 Å². The minimum Gasteiger partial charge on any atom is -0.496 e. The van der Waals surface area contributed by atoms with Crippen molar-refractivity contribution in [3.63, 3.8) is 0 Å². The monoisotopic (exact) mass is 275 g/mol. The highest BCUT2D eigenvalue weighted by molar-refractivity contribution is 5.87. The van der Waals surface area contributed by atoms with E-state index >= 15 is 0 Å². The van der Waals surface area contributed by atoms with Crippen LogP contribution in [0.5, 0.6) is 5.75 Å². The average molecular weight is 275 g/mol. The molecule has 2 rings (SSSR count). The minimum atomic E-state index is -0.312. The Labute approximate surface area is 121 Å². The van der Waals surface area contributed by atoms with Crippen molar-refractivity contribution >= 4 is 5.78 Å². The number of para-hydroxylation sites is 1. The van der Waals surface area contributed by atoms with Gasteiger partial charge in [0.05, 0.1) is 7.11 Å². The molecule has 0 radical (unpaired) electrons. The number of hydrogen-bond acceptors (Lipinski definition) is 3. The molecule has 20 heavy (non-hydrogen) atoms. The van der Waals surface area contributed by atoms with Gasteiger partial charge in [0.25, 0.3) is 0 Å². The maximum absolute atomic E-state index is 12.8. The van der Waals surface area contributed by atoms with Crippen molar-refractivity contribution in [1.29, 1.82) is 0 Å². The lowest BCUT2D eigenvalue weighted by Gasteiger charge is -2.37. The summed E-state index contributed by atoms with van der Waals surface area (Å²) in [6.07, 6.45) is 4.50. The minimum absolute atomic E-state index is 0.274. The fourth-order valence-corrected chi connectivity index (χ4v) is 3.12. The molecule has 1 aliphatic rings. The molecule has 1 fully saturated rings. The zero-order valence-electron chi connectivity index (χ0n) is 12.5. The van der Waals surface area contributed by atoms with E-state index < -0.39 is 0 Å². The number of nitrogens with two attached hydrogens (primary N) is 1. The topological polar surface area (TPSA) is 52.3 Å². The van der Waals surface area contributed by atoms with Gasteiger partial charge in [0.2, 0.25) is 0 Å². The number of benzene rings is 1. The standard InChI is InChI=1S/C17H25NO2/c1-13-7-9-17(12-18,10-8-13)16(19)11-14-5-3-4-6-15(14)20-2/h3-6,13H,7-12,18H2,1-2H3. The molecule has 1 saturated carbocycles. The van der Waals surface area contributed by atoms with Crippen LogP contribution in [0, 0.1) is 11.3 Å². The van der Waals surface area contributed by atoms with Gasteiger partial charge in [-0.15, -0.1) is 0 Å². The lowest BCUT2D eigenvalue weighted by molar-refractivity contribution is -0.129. The van der Waals surface area contributed by atoms with E-state index in [1.807, 2.05) is 24.3 Å². The molecular weight excluding hydrogens is 250 g/mol. The summed E-state index contributed by atoms with van der Waals surface area (Å²) in [7, 11) is 1.64. The maximum atomic E-state index is 12.8. The third kappa shape index (κ3) is 3.04. The highest BCUT2D eigenvalue weighted by Crippen LogP contribution is 2.40. The fourth-order valence-electron chi connectivity index (χ4n) is 3.12. The molecule has 0 atom stereocenters. The van der Waals surface area contributed by atoms with E-state index in [-0.39, 0.29) is 11.2 Å². The van der Waals surface area contributed by atoms with Crippen LogP contribution in [-0.2, 0) is 11.2 Å². The number of Topliss-reactive ketones (excluding diaryl/α,β-unsaturated/α-hetero) is 1. The zero-order valence-corrected chi connectivity index (χ0v) is 12.5. The van der Waals surface area contributed by atoms with Crippen molar-refractivity contribution < 1.29 is 9.53 Å². The molecule has 2 N–H and O–H groups in total. The second kappa shape index (κ2) is 6.40. The predicted octanol–water partition coefficient (Wildman–Crippen LogP) is 2.96. The molecule has 0 amide bonds. The van der Waals surface area contributed by atoms with Crippen molar-refractivity contribution in [2.75, 3.05) is 13.7 Å². The summed E-state index contributed by atoms with van der Waals surface area (Å²) in [6, 6.07) is 7.74. The number of carbonyl (C=O) groups excluding carboxylic acids is 1. The van der Waals surface area contributed by atoms with Gasteiger partial charge in [-0.25, -0.2) is 0 Å². The van der Waals surface area contributed by atoms with E-state index in [0.717, 1.165) is 37.0 Å². The summed E-state index contributed by atoms with van der Waals surface area (Å²) in [5, 5.41) is 0. The van der Waals surface area contributed by atoms with Gasteiger partial charge in [0.15, 0.2) is 0 Å². The number of ketones is 1. The Morgan fingerprint density at radius 2 is 2.00 bits per heavy atom. The van der Waals surface area contributed by atoms with Gasteiger partial charge in [-0.3, -0.25) is 4.79 Å². The quantitative estimate of drug-likeness (QED) is 0.899. The van der Waals surface area contributed by atoms with Crippen LogP contribution in [-0.4, -0.2) is 19.4 Å². The zero-order chi connectivity index (χ0) is 14.6. The van der Waals surface area contributed by atoms with Gasteiger partial charge in [0.1, 0.15) is 11.5 Å². The van der Waals surface area contributed by atoms with E-state index in [4.69, 9.17) is 10.5 Å². The van der Waals surface area contributed by atoms with Gasteiger partial charge in [0, 0.05) is 23.9 Å². The van der Waals surface area contributed by atoms with Gasteiger partial charge in [-0.1, -0.05) is 25.1 Å². The number of ether oxygens (including phenoxy) is 1. The molecule has 110 valence electrons. The molecule has 0 saturated heterocycles. The molecule has 0 unspecified atom stereocenters. The van der Waals surface area contributed by atoms with Crippen LogP contribution in [0.1, 0.15) is 38.2 Å². The molecule has 1 aliphatic carbocycles. The Bertz CT molecular complexity index is 462. The molecule has 0 bridgehead atoms. The van der Waals surface area contributed by atoms with Gasteiger partial charge >= 0.3 is 0 Å². The third-order valence-electron chi connectivity index (χ3n) is 4.76. The molecule has 0 spiro atoms. The van der Waals surface area contributed by atoms with Gasteiger partial charge < -0.3 is 10.5 Å². The fraction of sp³-hybridized carbons (Fsp3) is 0.588. The number of methoxy groups -OCH3 is 1. The van der Waals surface area contributed by atoms with Crippen molar-refractivity contribution in [2.24, 2.45) is 17.1 Å². The second-order valence-corrected chi connectivity index (χ2v) is 6.08. The predicted molar refractivity (Wildman–Crippen MR) is 80.8 cm³/mol. The van der Waals surface area contributed by atoms with Crippen LogP contribution in [0.25, 0.3) is 0 Å². The Hall–Kier alpha value is -1.35. The first-order valence-electron chi connectivity index (χ1n) is 7.46. The van der Waals surface area contributed by atoms with E-state index in [9.17, 15) is 4.79 Å². The maximum Gasteiger partial charge on any atom is 0.144 e.